The molecule has 0 saturated heterocycles. The molecule has 0 unspecified atom stereocenters. The lowest BCUT2D eigenvalue weighted by molar-refractivity contribution is 0.374. The average molecular weight is 285 g/mol. The summed E-state index contributed by atoms with van der Waals surface area (Å²) < 4.78 is 2.61. The number of rotatable bonds is 3. The second-order valence-corrected chi connectivity index (χ2v) is 4.78. The molecule has 0 aliphatic heterocycles. The topological polar surface area (TPSA) is 53.9 Å². The van der Waals surface area contributed by atoms with E-state index in [1.165, 1.54) is 0 Å². The van der Waals surface area contributed by atoms with Crippen LogP contribution in [0.5, 0.6) is 0 Å². The van der Waals surface area contributed by atoms with Gasteiger partial charge in [-0.2, -0.15) is 5.10 Å². The Morgan fingerprint density at radius 1 is 1.56 bits per heavy atom. The van der Waals surface area contributed by atoms with Crippen molar-refractivity contribution < 1.29 is 0 Å². The predicted molar refractivity (Wildman–Crippen MR) is 66.6 cm³/mol. The van der Waals surface area contributed by atoms with E-state index in [1.807, 2.05) is 14.1 Å². The zero-order valence-corrected chi connectivity index (χ0v) is 10.8. The Hall–Kier alpha value is -1.14. The lowest BCUT2D eigenvalue weighted by Crippen LogP contribution is -2.18. The number of pyridine rings is 1. The molecule has 2 rings (SSSR count). The third-order valence-corrected chi connectivity index (χ3v) is 2.94. The van der Waals surface area contributed by atoms with E-state index in [-0.39, 0.29) is 5.56 Å². The van der Waals surface area contributed by atoms with Gasteiger partial charge >= 0.3 is 0 Å². The number of aromatic amines is 1. The van der Waals surface area contributed by atoms with Crippen molar-refractivity contribution in [1.82, 2.24) is 19.7 Å². The van der Waals surface area contributed by atoms with Gasteiger partial charge in [-0.3, -0.25) is 9.48 Å². The van der Waals surface area contributed by atoms with Crippen LogP contribution in [-0.4, -0.2) is 40.3 Å². The Morgan fingerprint density at radius 2 is 2.31 bits per heavy atom. The number of halogens is 1. The fourth-order valence-corrected chi connectivity index (χ4v) is 1.86. The molecule has 0 aromatic carbocycles. The minimum Gasteiger partial charge on any atom is -0.327 e. The van der Waals surface area contributed by atoms with Gasteiger partial charge in [0, 0.05) is 18.9 Å². The molecule has 86 valence electrons. The molecule has 16 heavy (non-hydrogen) atoms. The van der Waals surface area contributed by atoms with Gasteiger partial charge in [0.1, 0.15) is 5.52 Å². The Kier molecular flexibility index (Phi) is 3.11. The molecule has 6 heteroatoms. The number of aromatic nitrogens is 3. The van der Waals surface area contributed by atoms with Crippen LogP contribution in [0.2, 0.25) is 0 Å². The van der Waals surface area contributed by atoms with Crippen molar-refractivity contribution in [3.05, 3.63) is 27.2 Å². The normalized spacial score (nSPS) is 11.5. The summed E-state index contributed by atoms with van der Waals surface area (Å²) in [6, 6.07) is 0. The Bertz CT molecular complexity index is 557. The number of likely N-dealkylation sites (N-methyl/N-ethyl adjacent to an activating group) is 1. The van der Waals surface area contributed by atoms with E-state index in [2.05, 4.69) is 30.9 Å². The quantitative estimate of drug-likeness (QED) is 0.917. The van der Waals surface area contributed by atoms with E-state index in [9.17, 15) is 4.79 Å². The molecular weight excluding hydrogens is 272 g/mol. The molecular formula is C10H13BrN4O. The highest BCUT2D eigenvalue weighted by molar-refractivity contribution is 9.10. The first-order chi connectivity index (χ1) is 7.58. The Balaban J connectivity index is 2.40. The SMILES string of the molecule is CN(C)CCn1cc2c(=O)[nH]cc(Br)c2n1. The van der Waals surface area contributed by atoms with Crippen LogP contribution in [0.1, 0.15) is 0 Å². The third-order valence-electron chi connectivity index (χ3n) is 2.34. The fraction of sp³-hybridized carbons (Fsp3) is 0.400. The highest BCUT2D eigenvalue weighted by Gasteiger charge is 2.07. The van der Waals surface area contributed by atoms with Gasteiger partial charge in [0.15, 0.2) is 0 Å². The van der Waals surface area contributed by atoms with Crippen LogP contribution >= 0.6 is 15.9 Å². The first kappa shape index (κ1) is 11.3. The fourth-order valence-electron chi connectivity index (χ4n) is 1.46. The molecule has 2 aromatic rings. The molecule has 0 spiro atoms. The Morgan fingerprint density at radius 3 is 2.94 bits per heavy atom. The van der Waals surface area contributed by atoms with Gasteiger partial charge in [-0.1, -0.05) is 0 Å². The number of nitrogens with one attached hydrogen (secondary N) is 1. The number of fused-ring (bicyclic) bond motifs is 1. The summed E-state index contributed by atoms with van der Waals surface area (Å²) >= 11 is 3.37. The lowest BCUT2D eigenvalue weighted by atomic mass is 10.3. The molecule has 0 saturated carbocycles. The second kappa shape index (κ2) is 4.39. The highest BCUT2D eigenvalue weighted by Crippen LogP contribution is 2.17. The highest BCUT2D eigenvalue weighted by atomic mass is 79.9. The first-order valence-corrected chi connectivity index (χ1v) is 5.76. The standard InChI is InChI=1S/C10H13BrN4O/c1-14(2)3-4-15-6-7-9(13-15)8(11)5-12-10(7)16/h5-6H,3-4H2,1-2H3,(H,12,16). The number of hydrogen-bond acceptors (Lipinski definition) is 3. The van der Waals surface area contributed by atoms with Crippen LogP contribution in [0.3, 0.4) is 0 Å². The zero-order chi connectivity index (χ0) is 11.7. The summed E-state index contributed by atoms with van der Waals surface area (Å²) in [4.78, 5) is 16.3. The molecule has 1 N–H and O–H groups in total. The maximum absolute atomic E-state index is 11.5. The molecule has 0 amide bonds. The molecule has 5 nitrogen and oxygen atoms in total. The van der Waals surface area contributed by atoms with Gasteiger partial charge in [-0.25, -0.2) is 0 Å². The van der Waals surface area contributed by atoms with Crippen LogP contribution in [0, 0.1) is 0 Å². The van der Waals surface area contributed by atoms with Crippen LogP contribution in [0.15, 0.2) is 21.7 Å². The summed E-state index contributed by atoms with van der Waals surface area (Å²) in [6.07, 6.45) is 3.40. The van der Waals surface area contributed by atoms with Gasteiger partial charge < -0.3 is 9.88 Å². The molecule has 2 heterocycles. The van der Waals surface area contributed by atoms with Gasteiger partial charge in [-0.15, -0.1) is 0 Å². The molecule has 0 bridgehead atoms. The summed E-state index contributed by atoms with van der Waals surface area (Å²) in [5, 5.41) is 4.99. The summed E-state index contributed by atoms with van der Waals surface area (Å²) in [5.41, 5.74) is 0.608. The average Bonchev–Trinajstić information content (AvgIpc) is 2.66. The molecule has 0 radical (unpaired) electrons. The maximum atomic E-state index is 11.5. The van der Waals surface area contributed by atoms with E-state index in [1.54, 1.807) is 17.1 Å². The van der Waals surface area contributed by atoms with E-state index < -0.39 is 0 Å². The number of H-pyrrole nitrogens is 1. The van der Waals surface area contributed by atoms with Gasteiger partial charge in [-0.05, 0) is 30.0 Å². The van der Waals surface area contributed by atoms with E-state index in [0.717, 1.165) is 17.6 Å². The summed E-state index contributed by atoms with van der Waals surface area (Å²) in [7, 11) is 4.01. The van der Waals surface area contributed by atoms with Crippen molar-refractivity contribution in [2.24, 2.45) is 0 Å². The zero-order valence-electron chi connectivity index (χ0n) is 9.20. The van der Waals surface area contributed by atoms with Crippen molar-refractivity contribution in [2.45, 2.75) is 6.54 Å². The van der Waals surface area contributed by atoms with Crippen LogP contribution in [0.4, 0.5) is 0 Å². The molecule has 2 aromatic heterocycles. The van der Waals surface area contributed by atoms with Crippen molar-refractivity contribution in [3.63, 3.8) is 0 Å². The van der Waals surface area contributed by atoms with Crippen LogP contribution in [-0.2, 0) is 6.54 Å². The van der Waals surface area contributed by atoms with Gasteiger partial charge in [0.05, 0.1) is 16.4 Å². The van der Waals surface area contributed by atoms with Crippen molar-refractivity contribution in [2.75, 3.05) is 20.6 Å². The number of nitrogens with zero attached hydrogens (tertiary/aromatic N) is 3. The summed E-state index contributed by atoms with van der Waals surface area (Å²) in [5.74, 6) is 0. The Labute approximate surface area is 101 Å². The molecule has 0 aliphatic rings. The molecule has 0 fully saturated rings. The predicted octanol–water partition coefficient (Wildman–Crippen LogP) is 1.05. The monoisotopic (exact) mass is 284 g/mol. The largest absolute Gasteiger partial charge is 0.327 e. The van der Waals surface area contributed by atoms with Gasteiger partial charge in [0.25, 0.3) is 5.56 Å². The maximum Gasteiger partial charge on any atom is 0.259 e. The molecule has 0 atom stereocenters. The van der Waals surface area contributed by atoms with Crippen molar-refractivity contribution in [3.8, 4) is 0 Å². The van der Waals surface area contributed by atoms with E-state index in [0.29, 0.717) is 10.9 Å². The van der Waals surface area contributed by atoms with Crippen molar-refractivity contribution >= 4 is 26.8 Å². The molecule has 0 aliphatic carbocycles. The van der Waals surface area contributed by atoms with E-state index in [4.69, 9.17) is 0 Å². The summed E-state index contributed by atoms with van der Waals surface area (Å²) in [6.45, 7) is 1.66. The van der Waals surface area contributed by atoms with Crippen molar-refractivity contribution in [1.29, 1.82) is 0 Å². The van der Waals surface area contributed by atoms with Crippen LogP contribution < -0.4 is 5.56 Å². The third kappa shape index (κ3) is 2.17. The number of hydrogen-bond donors (Lipinski definition) is 1. The second-order valence-electron chi connectivity index (χ2n) is 3.92. The first-order valence-electron chi connectivity index (χ1n) is 4.97. The lowest BCUT2D eigenvalue weighted by Gasteiger charge is -2.08. The van der Waals surface area contributed by atoms with E-state index >= 15 is 0 Å². The minimum absolute atomic E-state index is 0.102. The minimum atomic E-state index is -0.102. The van der Waals surface area contributed by atoms with Gasteiger partial charge in [0.2, 0.25) is 0 Å². The van der Waals surface area contributed by atoms with Crippen LogP contribution in [0.25, 0.3) is 10.9 Å². The smallest absolute Gasteiger partial charge is 0.259 e.